The summed E-state index contributed by atoms with van der Waals surface area (Å²) < 4.78 is 39.0. The van der Waals surface area contributed by atoms with Gasteiger partial charge in [0.05, 0.1) is 17.5 Å². The van der Waals surface area contributed by atoms with Crippen molar-refractivity contribution in [1.82, 2.24) is 25.1 Å². The number of nitro groups is 1. The maximum absolute atomic E-state index is 14.9. The molecule has 2 saturated heterocycles. The number of benzene rings is 4. The third kappa shape index (κ3) is 9.01. The van der Waals surface area contributed by atoms with Crippen LogP contribution in [0.3, 0.4) is 0 Å². The summed E-state index contributed by atoms with van der Waals surface area (Å²) in [6.45, 7) is 4.83. The lowest BCUT2D eigenvalue weighted by molar-refractivity contribution is -0.384. The summed E-state index contributed by atoms with van der Waals surface area (Å²) in [7, 11) is 0. The molecule has 13 nitrogen and oxygen atoms in total. The van der Waals surface area contributed by atoms with Crippen LogP contribution in [-0.4, -0.2) is 81.2 Å². The summed E-state index contributed by atoms with van der Waals surface area (Å²) in [5.74, 6) is -1.35. The number of carbonyl (C=O) groups is 3. The predicted molar refractivity (Wildman–Crippen MR) is 188 cm³/mol. The van der Waals surface area contributed by atoms with Crippen molar-refractivity contribution in [2.45, 2.75) is 31.7 Å². The number of rotatable bonds is 11. The van der Waals surface area contributed by atoms with Gasteiger partial charge >= 0.3 is 12.2 Å². The lowest BCUT2D eigenvalue weighted by atomic mass is 9.99. The van der Waals surface area contributed by atoms with E-state index in [1.54, 1.807) is 40.3 Å². The smallest absolute Gasteiger partial charge is 0.395 e. The van der Waals surface area contributed by atoms with E-state index in [1.807, 2.05) is 35.2 Å². The fraction of sp³-hybridized carbons (Fsp3) is 0.237. The summed E-state index contributed by atoms with van der Waals surface area (Å²) in [5, 5.41) is 17.0. The summed E-state index contributed by atoms with van der Waals surface area (Å²) in [6, 6.07) is 23.4. The van der Waals surface area contributed by atoms with Crippen LogP contribution in [0.15, 0.2) is 110 Å². The number of fused-ring (bicyclic) bond motifs is 1. The zero-order valence-electron chi connectivity index (χ0n) is 28.5. The molecule has 2 fully saturated rings. The second kappa shape index (κ2) is 16.4. The van der Waals surface area contributed by atoms with Crippen molar-refractivity contribution in [3.8, 4) is 11.5 Å². The standard InChI is InChI=1S/C38H36F2N6O7/c1-2-18-43-25-36(47)44-31(19-26-8-14-32(15-9-26)52-38(49)53-33-16-12-30(13-17-33)46(50)51)23-42(22-28-10-11-29(39)20-34(28)40)24-35(44)45(43)37(48)41-21-27-6-4-3-5-7-27/h2-17,20,31,35H,1,18-19,21-25H2,(H,41,48)/t31-,35-/m0/s1. The van der Waals surface area contributed by atoms with Crippen molar-refractivity contribution < 1.29 is 37.6 Å². The van der Waals surface area contributed by atoms with Crippen LogP contribution in [0.2, 0.25) is 0 Å². The Kier molecular flexibility index (Phi) is 11.3. The Bertz CT molecular complexity index is 1970. The molecule has 0 spiro atoms. The van der Waals surface area contributed by atoms with Gasteiger partial charge < -0.3 is 19.7 Å². The van der Waals surface area contributed by atoms with Gasteiger partial charge in [0.15, 0.2) is 0 Å². The average molecular weight is 727 g/mol. The Balaban J connectivity index is 1.22. The van der Waals surface area contributed by atoms with E-state index in [9.17, 15) is 33.3 Å². The maximum Gasteiger partial charge on any atom is 0.519 e. The van der Waals surface area contributed by atoms with Crippen LogP contribution in [0.25, 0.3) is 0 Å². The second-order valence-corrected chi connectivity index (χ2v) is 12.5. The Morgan fingerprint density at radius 2 is 1.60 bits per heavy atom. The van der Waals surface area contributed by atoms with Gasteiger partial charge in [-0.05, 0) is 47.9 Å². The Morgan fingerprint density at radius 3 is 2.25 bits per heavy atom. The predicted octanol–water partition coefficient (Wildman–Crippen LogP) is 5.66. The number of hydrogen-bond donors (Lipinski definition) is 1. The Hall–Kier alpha value is -6.19. The van der Waals surface area contributed by atoms with Gasteiger partial charge in [0.25, 0.3) is 5.69 Å². The number of halogens is 2. The molecule has 0 aromatic heterocycles. The van der Waals surface area contributed by atoms with Crippen LogP contribution >= 0.6 is 0 Å². The molecule has 6 rings (SSSR count). The summed E-state index contributed by atoms with van der Waals surface area (Å²) in [5.41, 5.74) is 1.78. The minimum absolute atomic E-state index is 0.0646. The number of hydrogen-bond acceptors (Lipinski definition) is 9. The molecule has 3 amide bonds. The van der Waals surface area contributed by atoms with Crippen LogP contribution in [-0.2, 0) is 24.3 Å². The van der Waals surface area contributed by atoms with Gasteiger partial charge in [0.2, 0.25) is 5.91 Å². The van der Waals surface area contributed by atoms with E-state index < -0.39 is 41.0 Å². The van der Waals surface area contributed by atoms with Gasteiger partial charge in [-0.25, -0.2) is 28.4 Å². The van der Waals surface area contributed by atoms with Crippen molar-refractivity contribution >= 4 is 23.8 Å². The Labute approximate surface area is 303 Å². The first-order chi connectivity index (χ1) is 25.6. The minimum atomic E-state index is -1.04. The number of piperazine rings is 1. The van der Waals surface area contributed by atoms with Crippen LogP contribution in [0, 0.1) is 21.7 Å². The second-order valence-electron chi connectivity index (χ2n) is 12.5. The molecule has 2 aliphatic heterocycles. The van der Waals surface area contributed by atoms with E-state index >= 15 is 0 Å². The number of nitrogens with one attached hydrogen (secondary N) is 1. The molecule has 1 N–H and O–H groups in total. The van der Waals surface area contributed by atoms with Crippen molar-refractivity contribution in [3.63, 3.8) is 0 Å². The highest BCUT2D eigenvalue weighted by atomic mass is 19.1. The van der Waals surface area contributed by atoms with E-state index in [0.29, 0.717) is 13.0 Å². The number of ether oxygens (including phenoxy) is 2. The first kappa shape index (κ1) is 36.6. The fourth-order valence-corrected chi connectivity index (χ4v) is 6.51. The van der Waals surface area contributed by atoms with Crippen LogP contribution in [0.5, 0.6) is 11.5 Å². The third-order valence-electron chi connectivity index (χ3n) is 8.89. The number of non-ortho nitro benzene ring substituents is 1. The van der Waals surface area contributed by atoms with Gasteiger partial charge in [-0.2, -0.15) is 0 Å². The first-order valence-electron chi connectivity index (χ1n) is 16.7. The number of nitro benzene ring substituents is 1. The number of carbonyl (C=O) groups excluding carboxylic acids is 3. The number of amides is 3. The zero-order chi connectivity index (χ0) is 37.5. The highest BCUT2D eigenvalue weighted by Crippen LogP contribution is 2.29. The normalized spacial score (nSPS) is 17.5. The lowest BCUT2D eigenvalue weighted by Gasteiger charge is -2.55. The molecule has 0 unspecified atom stereocenters. The van der Waals surface area contributed by atoms with Crippen molar-refractivity contribution in [2.24, 2.45) is 0 Å². The highest BCUT2D eigenvalue weighted by molar-refractivity contribution is 5.83. The summed E-state index contributed by atoms with van der Waals surface area (Å²) in [6.07, 6.45) is 0.127. The Morgan fingerprint density at radius 1 is 0.925 bits per heavy atom. The van der Waals surface area contributed by atoms with Crippen molar-refractivity contribution in [1.29, 1.82) is 0 Å². The van der Waals surface area contributed by atoms with E-state index in [2.05, 4.69) is 11.9 Å². The van der Waals surface area contributed by atoms with E-state index in [-0.39, 0.29) is 61.4 Å². The van der Waals surface area contributed by atoms with Gasteiger partial charge in [0, 0.05) is 56.5 Å². The average Bonchev–Trinajstić information content (AvgIpc) is 3.13. The van der Waals surface area contributed by atoms with Crippen molar-refractivity contribution in [2.75, 3.05) is 26.2 Å². The molecule has 0 aliphatic carbocycles. The van der Waals surface area contributed by atoms with Gasteiger partial charge in [-0.1, -0.05) is 54.6 Å². The maximum atomic E-state index is 14.9. The molecule has 0 radical (unpaired) electrons. The monoisotopic (exact) mass is 726 g/mol. The molecule has 4 aromatic carbocycles. The number of urea groups is 1. The molecule has 2 atom stereocenters. The fourth-order valence-electron chi connectivity index (χ4n) is 6.51. The molecular formula is C38H36F2N6O7. The van der Waals surface area contributed by atoms with Crippen LogP contribution in [0.1, 0.15) is 16.7 Å². The quantitative estimate of drug-likeness (QED) is 0.0683. The summed E-state index contributed by atoms with van der Waals surface area (Å²) in [4.78, 5) is 54.1. The largest absolute Gasteiger partial charge is 0.519 e. The SMILES string of the molecule is C=CCN1CC(=O)N2[C@@H](Cc3ccc(OC(=O)Oc4ccc([N+](=O)[O-])cc4)cc3)CN(Cc3ccc(F)cc3F)C[C@@H]2N1C(=O)NCc1ccccc1. The lowest BCUT2D eigenvalue weighted by Crippen LogP contribution is -2.75. The van der Waals surface area contributed by atoms with Gasteiger partial charge in [0.1, 0.15) is 29.3 Å². The van der Waals surface area contributed by atoms with E-state index in [0.717, 1.165) is 17.2 Å². The number of hydrazine groups is 1. The van der Waals surface area contributed by atoms with Crippen LogP contribution in [0.4, 0.5) is 24.1 Å². The molecule has 274 valence electrons. The highest BCUT2D eigenvalue weighted by Gasteiger charge is 2.48. The molecule has 4 aromatic rings. The van der Waals surface area contributed by atoms with Gasteiger partial charge in [-0.15, -0.1) is 6.58 Å². The molecule has 0 bridgehead atoms. The summed E-state index contributed by atoms with van der Waals surface area (Å²) >= 11 is 0. The molecular weight excluding hydrogens is 690 g/mol. The zero-order valence-corrected chi connectivity index (χ0v) is 28.5. The first-order valence-corrected chi connectivity index (χ1v) is 16.7. The molecule has 0 saturated carbocycles. The molecule has 15 heteroatoms. The van der Waals surface area contributed by atoms with E-state index in [1.165, 1.54) is 41.4 Å². The van der Waals surface area contributed by atoms with Crippen molar-refractivity contribution in [3.05, 3.63) is 148 Å². The number of nitrogens with zero attached hydrogens (tertiary/aromatic N) is 5. The topological polar surface area (TPSA) is 138 Å². The molecule has 2 aliphatic rings. The van der Waals surface area contributed by atoms with Gasteiger partial charge in [-0.3, -0.25) is 19.8 Å². The third-order valence-corrected chi connectivity index (χ3v) is 8.89. The van der Waals surface area contributed by atoms with Crippen LogP contribution < -0.4 is 14.8 Å². The minimum Gasteiger partial charge on any atom is -0.395 e. The molecule has 53 heavy (non-hydrogen) atoms. The van der Waals surface area contributed by atoms with E-state index in [4.69, 9.17) is 9.47 Å². The molecule has 2 heterocycles.